The fourth-order valence-electron chi connectivity index (χ4n) is 8.15. The minimum absolute atomic E-state index is 0.0650. The average Bonchev–Trinajstić information content (AvgIpc) is 3.21. The molecular weight excluding hydrogens is 679 g/mol. The lowest BCUT2D eigenvalue weighted by atomic mass is 9.90. The summed E-state index contributed by atoms with van der Waals surface area (Å²) >= 11 is 0. The van der Waals surface area contributed by atoms with Gasteiger partial charge in [-0.25, -0.2) is 4.58 Å². The maximum atomic E-state index is 14.6. The van der Waals surface area contributed by atoms with Crippen molar-refractivity contribution in [3.63, 3.8) is 0 Å². The summed E-state index contributed by atoms with van der Waals surface area (Å²) in [4.78, 5) is 18.9. The Bertz CT molecular complexity index is 1730. The standard InChI is InChI=1S/C49H74N3O3/c1-7-12-13-14-15-16-17-18-19-20-21-22-23-24-25-28-35-52(36-37-54-6)49(53)43-30-27-26-29-42(43)48-44-33-31-40(50(8-2)9-3)38-46(44)55-47-39-41(32-34-45(47)48)51(10-4)11-5/h26-27,29-34,38-39H,7-25,28,35-37H2,1-6H3/q+1. The zero-order chi connectivity index (χ0) is 39.3. The summed E-state index contributed by atoms with van der Waals surface area (Å²) in [5.41, 5.74) is 5.70. The molecule has 0 N–H and O–H groups in total. The summed E-state index contributed by atoms with van der Waals surface area (Å²) < 4.78 is 14.6. The second kappa shape index (κ2) is 24.8. The van der Waals surface area contributed by atoms with Crippen molar-refractivity contribution >= 4 is 22.6 Å². The molecule has 6 heteroatoms. The molecule has 2 aliphatic rings. The quantitative estimate of drug-likeness (QED) is 0.0346. The molecule has 302 valence electrons. The van der Waals surface area contributed by atoms with Crippen LogP contribution in [-0.4, -0.2) is 63.8 Å². The number of fused-ring (bicyclic) bond motifs is 2. The molecule has 0 atom stereocenters. The molecule has 6 nitrogen and oxygen atoms in total. The largest absolute Gasteiger partial charge is 0.456 e. The van der Waals surface area contributed by atoms with E-state index in [1.54, 1.807) is 7.11 Å². The van der Waals surface area contributed by atoms with Gasteiger partial charge < -0.3 is 19.0 Å². The van der Waals surface area contributed by atoms with E-state index in [2.05, 4.69) is 92.6 Å². The molecule has 0 fully saturated rings. The van der Waals surface area contributed by atoms with E-state index in [1.165, 1.54) is 89.9 Å². The van der Waals surface area contributed by atoms with Gasteiger partial charge >= 0.3 is 0 Å². The van der Waals surface area contributed by atoms with E-state index in [4.69, 9.17) is 9.15 Å². The molecule has 0 spiro atoms. The highest BCUT2D eigenvalue weighted by molar-refractivity contribution is 6.09. The van der Waals surface area contributed by atoms with Gasteiger partial charge in [-0.3, -0.25) is 4.79 Å². The molecule has 2 aromatic carbocycles. The third-order valence-corrected chi connectivity index (χ3v) is 11.5. The van der Waals surface area contributed by atoms with Crippen molar-refractivity contribution in [3.8, 4) is 22.5 Å². The highest BCUT2D eigenvalue weighted by Crippen LogP contribution is 2.42. The second-order valence-electron chi connectivity index (χ2n) is 15.3. The first-order valence-electron chi connectivity index (χ1n) is 22.2. The molecule has 55 heavy (non-hydrogen) atoms. The van der Waals surface area contributed by atoms with E-state index in [-0.39, 0.29) is 5.91 Å². The van der Waals surface area contributed by atoms with E-state index in [0.717, 1.165) is 95.6 Å². The van der Waals surface area contributed by atoms with Crippen molar-refractivity contribution in [1.29, 1.82) is 0 Å². The van der Waals surface area contributed by atoms with Crippen molar-refractivity contribution in [2.45, 2.75) is 137 Å². The Balaban J connectivity index is 1.48. The summed E-state index contributed by atoms with van der Waals surface area (Å²) in [6.45, 7) is 16.5. The number of carbonyl (C=O) groups is 1. The summed E-state index contributed by atoms with van der Waals surface area (Å²) in [6, 6.07) is 21.2. The minimum Gasteiger partial charge on any atom is -0.456 e. The maximum absolute atomic E-state index is 14.6. The van der Waals surface area contributed by atoms with Crippen LogP contribution in [-0.2, 0) is 4.74 Å². The molecule has 1 aliphatic carbocycles. The summed E-state index contributed by atoms with van der Waals surface area (Å²) in [7, 11) is 1.72. The first-order valence-corrected chi connectivity index (χ1v) is 22.2. The second-order valence-corrected chi connectivity index (χ2v) is 15.3. The van der Waals surface area contributed by atoms with Gasteiger partial charge in [-0.05, 0) is 63.9 Å². The number of unbranched alkanes of at least 4 members (excludes halogenated alkanes) is 15. The zero-order valence-corrected chi connectivity index (χ0v) is 35.6. The molecule has 1 aliphatic heterocycles. The fourth-order valence-corrected chi connectivity index (χ4v) is 8.15. The summed E-state index contributed by atoms with van der Waals surface area (Å²) in [6.07, 6.45) is 21.4. The van der Waals surface area contributed by atoms with E-state index in [1.807, 2.05) is 17.0 Å². The average molecular weight is 753 g/mol. The number of rotatable bonds is 27. The van der Waals surface area contributed by atoms with Gasteiger partial charge in [0.25, 0.3) is 5.91 Å². The summed E-state index contributed by atoms with van der Waals surface area (Å²) in [5, 5.41) is 2.15. The molecule has 0 bridgehead atoms. The molecule has 0 saturated heterocycles. The Hall–Kier alpha value is -3.64. The lowest BCUT2D eigenvalue weighted by Crippen LogP contribution is -2.35. The molecular formula is C49H74N3O3+. The lowest BCUT2D eigenvalue weighted by Gasteiger charge is -2.25. The van der Waals surface area contributed by atoms with Gasteiger partial charge in [-0.1, -0.05) is 121 Å². The number of benzene rings is 3. The number of hydrogen-bond acceptors (Lipinski definition) is 4. The van der Waals surface area contributed by atoms with Crippen molar-refractivity contribution < 1.29 is 13.9 Å². The molecule has 0 unspecified atom stereocenters. The Kier molecular flexibility index (Phi) is 19.9. The maximum Gasteiger partial charge on any atom is 0.254 e. The highest BCUT2D eigenvalue weighted by Gasteiger charge is 2.25. The van der Waals surface area contributed by atoms with Crippen LogP contribution >= 0.6 is 0 Å². The van der Waals surface area contributed by atoms with Crippen LogP contribution in [0.3, 0.4) is 0 Å². The Morgan fingerprint density at radius 3 is 1.84 bits per heavy atom. The summed E-state index contributed by atoms with van der Waals surface area (Å²) in [5.74, 6) is 0.894. The lowest BCUT2D eigenvalue weighted by molar-refractivity contribution is 0.0692. The number of hydrogen-bond donors (Lipinski definition) is 0. The fraction of sp³-hybridized carbons (Fsp3) is 0.592. The van der Waals surface area contributed by atoms with Gasteiger partial charge in [-0.15, -0.1) is 0 Å². The third kappa shape index (κ3) is 13.0. The number of carbonyl (C=O) groups excluding carboxylic acids is 1. The van der Waals surface area contributed by atoms with E-state index >= 15 is 0 Å². The molecule has 2 aromatic rings. The van der Waals surface area contributed by atoms with Gasteiger partial charge in [0.05, 0.1) is 12.7 Å². The van der Waals surface area contributed by atoms with Crippen LogP contribution in [0, 0.1) is 0 Å². The van der Waals surface area contributed by atoms with Crippen molar-refractivity contribution in [3.05, 3.63) is 71.6 Å². The zero-order valence-electron chi connectivity index (χ0n) is 35.6. The highest BCUT2D eigenvalue weighted by atomic mass is 16.5. The molecule has 4 rings (SSSR count). The van der Waals surface area contributed by atoms with Crippen molar-refractivity contribution in [1.82, 2.24) is 9.48 Å². The number of ether oxygens (including phenoxy) is 1. The molecule has 1 heterocycles. The van der Waals surface area contributed by atoms with E-state index < -0.39 is 0 Å². The molecule has 1 amide bonds. The first-order chi connectivity index (χ1) is 27.0. The van der Waals surface area contributed by atoms with Crippen LogP contribution in [0.15, 0.2) is 65.1 Å². The number of nitrogens with zero attached hydrogens (tertiary/aromatic N) is 3. The molecule has 0 saturated carbocycles. The Labute approximate surface area is 334 Å². The molecule has 0 aromatic heterocycles. The number of anilines is 1. The van der Waals surface area contributed by atoms with Crippen molar-refractivity contribution in [2.75, 3.05) is 57.9 Å². The first kappa shape index (κ1) is 44.1. The van der Waals surface area contributed by atoms with Crippen LogP contribution in [0.25, 0.3) is 33.4 Å². The number of amides is 1. The van der Waals surface area contributed by atoms with Crippen LogP contribution in [0.4, 0.5) is 5.69 Å². The van der Waals surface area contributed by atoms with Crippen LogP contribution in [0.5, 0.6) is 0 Å². The van der Waals surface area contributed by atoms with Gasteiger partial charge in [-0.2, -0.15) is 0 Å². The Morgan fingerprint density at radius 1 is 0.655 bits per heavy atom. The van der Waals surface area contributed by atoms with Crippen LogP contribution in [0.1, 0.15) is 148 Å². The molecule has 0 radical (unpaired) electrons. The number of methoxy groups -OCH3 is 1. The van der Waals surface area contributed by atoms with Crippen LogP contribution < -0.4 is 14.8 Å². The SMILES string of the molecule is CCCCCCCCCCCCCCCCCCN(CCOC)C(=O)c1ccccc1-c1c2ccc(=[N+](CC)CC)cc-2oc2cc(N(CC)CC)ccc12. The smallest absolute Gasteiger partial charge is 0.254 e. The van der Waals surface area contributed by atoms with Gasteiger partial charge in [0.1, 0.15) is 24.4 Å². The van der Waals surface area contributed by atoms with Crippen molar-refractivity contribution in [2.24, 2.45) is 0 Å². The minimum atomic E-state index is 0.0650. The van der Waals surface area contributed by atoms with Gasteiger partial charge in [0.15, 0.2) is 0 Å². The van der Waals surface area contributed by atoms with Gasteiger partial charge in [0.2, 0.25) is 5.36 Å². The monoisotopic (exact) mass is 753 g/mol. The topological polar surface area (TPSA) is 48.9 Å². The van der Waals surface area contributed by atoms with Gasteiger partial charge in [0, 0.05) is 73.2 Å². The third-order valence-electron chi connectivity index (χ3n) is 11.5. The normalized spacial score (nSPS) is 11.5. The predicted molar refractivity (Wildman–Crippen MR) is 236 cm³/mol. The Morgan fingerprint density at radius 2 is 1.25 bits per heavy atom. The van der Waals surface area contributed by atoms with E-state index in [9.17, 15) is 4.79 Å². The predicted octanol–water partition coefficient (Wildman–Crippen LogP) is 12.2. The van der Waals surface area contributed by atoms with E-state index in [0.29, 0.717) is 13.2 Å². The van der Waals surface area contributed by atoms with Crippen LogP contribution in [0.2, 0.25) is 0 Å².